The van der Waals surface area contributed by atoms with E-state index in [2.05, 4.69) is 58.2 Å². The largest absolute Gasteiger partial charge is 0.364 e. The summed E-state index contributed by atoms with van der Waals surface area (Å²) in [5.74, 6) is -5.48. The average Bonchev–Trinajstić information content (AvgIpc) is 1.92. The Morgan fingerprint density at radius 2 is 0.774 bits per heavy atom. The Morgan fingerprint density at radius 1 is 0.441 bits per heavy atom. The Kier molecular flexibility index (Phi) is 19.9. The van der Waals surface area contributed by atoms with Gasteiger partial charge in [-0.25, -0.2) is 4.98 Å². The van der Waals surface area contributed by atoms with Crippen molar-refractivity contribution in [3.8, 4) is 5.00 Å². The molecule has 0 radical (unpaired) electrons. The molecule has 32 nitrogen and oxygen atoms in total. The fraction of sp³-hybridized carbons (Fsp3) is 0.233. The van der Waals surface area contributed by atoms with Gasteiger partial charge >= 0.3 is 0 Å². The summed E-state index contributed by atoms with van der Waals surface area (Å²) in [5, 5.41) is 29.9. The van der Waals surface area contributed by atoms with E-state index in [9.17, 15) is 52.7 Å². The predicted octanol–water partition coefficient (Wildman–Crippen LogP) is 3.01. The highest BCUT2D eigenvalue weighted by Gasteiger charge is 2.24. The first-order valence-corrected chi connectivity index (χ1v) is 29.4. The molecule has 0 aliphatic heterocycles. The van der Waals surface area contributed by atoms with Crippen molar-refractivity contribution in [3.05, 3.63) is 161 Å². The Labute approximate surface area is 533 Å². The third-order valence-corrected chi connectivity index (χ3v) is 15.4. The van der Waals surface area contributed by atoms with Crippen molar-refractivity contribution in [2.45, 2.75) is 25.3 Å². The number of hydrogen-bond donors (Lipinski definition) is 12. The van der Waals surface area contributed by atoms with Crippen LogP contribution in [0.1, 0.15) is 103 Å². The summed E-state index contributed by atoms with van der Waals surface area (Å²) in [7, 11) is 11.3. The SMILES string of the molecule is Cn1cc(NC(=O)CCNC(=O)c2cc(NC(=O)c3cc(NC(=O)c4cc(NC(=O)[C@H](N)CCNC(=O)c5cc(NC(=O)c6cc(NC(=O)CCNC(=O)c7cc(NC(=O)c8nccn8-c8cccs8)cn7C)cn6C)cn5C)cn4C)cn3C)cn2C)cc1C(N)=O. The highest BCUT2D eigenvalue weighted by molar-refractivity contribution is 7.12. The Balaban J connectivity index is 0.673. The van der Waals surface area contributed by atoms with Gasteiger partial charge in [-0.2, -0.15) is 0 Å². The molecule has 0 saturated carbocycles. The van der Waals surface area contributed by atoms with E-state index in [0.29, 0.717) is 28.4 Å². The van der Waals surface area contributed by atoms with E-state index in [1.165, 1.54) is 118 Å². The van der Waals surface area contributed by atoms with Gasteiger partial charge in [0.1, 0.15) is 44.9 Å². The van der Waals surface area contributed by atoms with Crippen LogP contribution in [-0.2, 0) is 63.7 Å². The van der Waals surface area contributed by atoms with Crippen LogP contribution in [0, 0.1) is 0 Å². The predicted molar refractivity (Wildman–Crippen MR) is 344 cm³/mol. The van der Waals surface area contributed by atoms with Crippen LogP contribution in [0.2, 0.25) is 0 Å². The standard InChI is InChI=1S/C60H67N21O11S/c1-74-26-33(19-41(74)51(62)84)67-48(82)11-14-65-55(87)43-22-37(30-76(43)3)71-59(91)47-25-38(31-80(47)7)72-58(90)46-24-35(28-79(46)6)69-53(85)40(61)10-13-64-54(86)42-21-36(29-75(42)2)70-57(89)45-20-34(27-78(45)5)68-49(83)12-15-66-56(88)44-23-39(32-77(44)4)73-60(92)52-63-16-17-81(52)50-9-8-18-93-50/h8-9,16-32,40H,10-15,61H2,1-7H3,(H2,62,84)(H,64,86)(H,65,87)(H,66,88)(H,67,82)(H,68,83)(H,69,85)(H,70,89)(H,71,91)(H,72,90)(H,73,92)/t40-/m1/s1. The first-order valence-electron chi connectivity index (χ1n) is 28.6. The summed E-state index contributed by atoms with van der Waals surface area (Å²) in [6.45, 7) is -0.0246. The normalized spacial score (nSPS) is 11.3. The van der Waals surface area contributed by atoms with E-state index < -0.39 is 71.0 Å². The zero-order chi connectivity index (χ0) is 66.9. The molecule has 0 unspecified atom stereocenters. The van der Waals surface area contributed by atoms with E-state index in [4.69, 9.17) is 11.5 Å². The second-order valence-corrected chi connectivity index (χ2v) is 22.5. The van der Waals surface area contributed by atoms with Crippen molar-refractivity contribution in [1.29, 1.82) is 0 Å². The molecule has 484 valence electrons. The van der Waals surface area contributed by atoms with Gasteiger partial charge in [-0.05, 0) is 66.4 Å². The smallest absolute Gasteiger partial charge is 0.292 e. The second-order valence-electron chi connectivity index (χ2n) is 21.6. The number of nitrogens with zero attached hydrogens (tertiary/aromatic N) is 9. The van der Waals surface area contributed by atoms with E-state index in [1.54, 1.807) is 77.1 Å². The topological polar surface area (TPSA) is 412 Å². The molecule has 0 aliphatic carbocycles. The Bertz CT molecular complexity index is 4390. The number of primary amides is 1. The van der Waals surface area contributed by atoms with Gasteiger partial charge < -0.3 is 96.6 Å². The summed E-state index contributed by atoms with van der Waals surface area (Å²) in [5.41, 5.74) is 15.1. The van der Waals surface area contributed by atoms with Crippen LogP contribution in [0.5, 0.6) is 0 Å². The van der Waals surface area contributed by atoms with Crippen molar-refractivity contribution < 1.29 is 52.7 Å². The summed E-state index contributed by atoms with van der Waals surface area (Å²) in [6, 6.07) is 12.9. The number of hydrogen-bond acceptors (Lipinski definition) is 14. The maximum absolute atomic E-state index is 13.5. The van der Waals surface area contributed by atoms with E-state index >= 15 is 0 Å². The van der Waals surface area contributed by atoms with Crippen molar-refractivity contribution in [3.63, 3.8) is 0 Å². The molecule has 93 heavy (non-hydrogen) atoms. The minimum absolute atomic E-state index is 0.00290. The van der Waals surface area contributed by atoms with Crippen LogP contribution in [-0.4, -0.2) is 132 Å². The lowest BCUT2D eigenvalue weighted by atomic mass is 10.2. The Hall–Kier alpha value is -12.0. The molecule has 0 spiro atoms. The van der Waals surface area contributed by atoms with Crippen molar-refractivity contribution in [1.82, 2.24) is 57.5 Å². The number of anilines is 7. The molecule has 0 bridgehead atoms. The van der Waals surface area contributed by atoms with E-state index in [0.717, 1.165) is 5.00 Å². The molecule has 0 aromatic carbocycles. The van der Waals surface area contributed by atoms with Gasteiger partial charge in [0.15, 0.2) is 0 Å². The van der Waals surface area contributed by atoms with Crippen LogP contribution >= 0.6 is 11.3 Å². The summed E-state index contributed by atoms with van der Waals surface area (Å²) >= 11 is 1.45. The monoisotopic (exact) mass is 1290 g/mol. The van der Waals surface area contributed by atoms with Gasteiger partial charge in [-0.1, -0.05) is 0 Å². The number of thiophene rings is 1. The van der Waals surface area contributed by atoms with Crippen LogP contribution in [0.4, 0.5) is 39.8 Å². The number of carbonyl (C=O) groups excluding carboxylic acids is 11. The number of nitrogens with two attached hydrogens (primary N) is 2. The molecular weight excluding hydrogens is 1220 g/mol. The van der Waals surface area contributed by atoms with Gasteiger partial charge in [0.05, 0.1) is 45.9 Å². The number of aryl methyl sites for hydroxylation is 7. The van der Waals surface area contributed by atoms with Gasteiger partial charge in [0, 0.05) is 138 Å². The minimum atomic E-state index is -1.08. The molecular formula is C60H67N21O11S. The summed E-state index contributed by atoms with van der Waals surface area (Å²) in [4.78, 5) is 147. The lowest BCUT2D eigenvalue weighted by molar-refractivity contribution is -0.118. The lowest BCUT2D eigenvalue weighted by Crippen LogP contribution is -2.39. The third-order valence-electron chi connectivity index (χ3n) is 14.5. The molecule has 0 aliphatic rings. The Morgan fingerprint density at radius 3 is 1.14 bits per heavy atom. The number of amides is 11. The van der Waals surface area contributed by atoms with Gasteiger partial charge in [0.25, 0.3) is 47.3 Å². The van der Waals surface area contributed by atoms with Crippen molar-refractivity contribution in [2.24, 2.45) is 60.8 Å². The van der Waals surface area contributed by atoms with Gasteiger partial charge in [-0.3, -0.25) is 57.3 Å². The number of rotatable bonds is 26. The number of imidazole rings is 1. The molecule has 9 heterocycles. The first kappa shape index (κ1) is 65.4. The quantitative estimate of drug-likeness (QED) is 0.0372. The van der Waals surface area contributed by atoms with Crippen molar-refractivity contribution >= 4 is 116 Å². The zero-order valence-electron chi connectivity index (χ0n) is 51.4. The van der Waals surface area contributed by atoms with Crippen LogP contribution in [0.25, 0.3) is 5.00 Å². The van der Waals surface area contributed by atoms with E-state index in [1.807, 2.05) is 17.5 Å². The molecule has 9 aromatic heterocycles. The summed E-state index contributed by atoms with van der Waals surface area (Å²) < 4.78 is 12.2. The first-order chi connectivity index (χ1) is 44.3. The van der Waals surface area contributed by atoms with Crippen LogP contribution in [0.15, 0.2) is 116 Å². The fourth-order valence-corrected chi connectivity index (χ4v) is 10.6. The maximum Gasteiger partial charge on any atom is 0.292 e. The minimum Gasteiger partial charge on any atom is -0.364 e. The van der Waals surface area contributed by atoms with Crippen LogP contribution in [0.3, 0.4) is 0 Å². The number of aromatic nitrogens is 9. The highest BCUT2D eigenvalue weighted by Crippen LogP contribution is 2.24. The molecule has 11 amide bonds. The molecule has 9 aromatic rings. The van der Waals surface area contributed by atoms with Gasteiger partial charge in [-0.15, -0.1) is 11.3 Å². The fourth-order valence-electron chi connectivity index (χ4n) is 9.86. The zero-order valence-corrected chi connectivity index (χ0v) is 52.2. The number of carbonyl (C=O) groups is 11. The second kappa shape index (κ2) is 28.2. The lowest BCUT2D eigenvalue weighted by Gasteiger charge is -2.12. The molecule has 9 rings (SSSR count). The molecule has 0 saturated heterocycles. The third kappa shape index (κ3) is 15.9. The summed E-state index contributed by atoms with van der Waals surface area (Å²) in [6.07, 6.45) is 13.9. The van der Waals surface area contributed by atoms with Crippen molar-refractivity contribution in [2.75, 3.05) is 56.9 Å². The highest BCUT2D eigenvalue weighted by atomic mass is 32.1. The molecule has 33 heteroatoms. The molecule has 1 atom stereocenters. The number of nitrogens with one attached hydrogen (secondary N) is 10. The van der Waals surface area contributed by atoms with Gasteiger partial charge in [0.2, 0.25) is 23.5 Å². The molecule has 0 fully saturated rings. The average molecular weight is 1290 g/mol. The van der Waals surface area contributed by atoms with E-state index in [-0.39, 0.29) is 96.0 Å². The molecule has 14 N–H and O–H groups in total. The maximum atomic E-state index is 13.5. The van der Waals surface area contributed by atoms with Crippen LogP contribution < -0.4 is 64.6 Å².